The van der Waals surface area contributed by atoms with E-state index in [1.54, 1.807) is 0 Å². The SMILES string of the molecule is CC/C(=C\N=C(C)N(C)C)B(O)O. The van der Waals surface area contributed by atoms with Crippen LogP contribution >= 0.6 is 0 Å². The largest absolute Gasteiger partial charge is 0.485 e. The summed E-state index contributed by atoms with van der Waals surface area (Å²) in [5.41, 5.74) is 0.515. The molecule has 0 heterocycles. The molecule has 0 aliphatic rings. The minimum atomic E-state index is -1.40. The van der Waals surface area contributed by atoms with Gasteiger partial charge in [-0.25, -0.2) is 4.99 Å². The molecule has 0 aromatic carbocycles. The maximum absolute atomic E-state index is 8.87. The highest BCUT2D eigenvalue weighted by atomic mass is 16.4. The topological polar surface area (TPSA) is 56.1 Å². The van der Waals surface area contributed by atoms with Gasteiger partial charge in [-0.2, -0.15) is 0 Å². The summed E-state index contributed by atoms with van der Waals surface area (Å²) in [6, 6.07) is 0. The molecule has 0 fully saturated rings. The lowest BCUT2D eigenvalue weighted by atomic mass is 9.78. The Bertz CT molecular complexity index is 212. The zero-order valence-electron chi connectivity index (χ0n) is 8.65. The normalized spacial score (nSPS) is 13.1. The molecule has 13 heavy (non-hydrogen) atoms. The standard InChI is InChI=1S/C8H17BN2O2/c1-5-8(9(12)13)6-10-7(2)11(3)4/h6,12-13H,5H2,1-4H3/b8-6+,10-7?. The summed E-state index contributed by atoms with van der Waals surface area (Å²) in [6.07, 6.45) is 2.09. The lowest BCUT2D eigenvalue weighted by Gasteiger charge is -2.10. The van der Waals surface area contributed by atoms with Crippen LogP contribution in [0.5, 0.6) is 0 Å². The van der Waals surface area contributed by atoms with Crippen LogP contribution in [0.2, 0.25) is 0 Å². The van der Waals surface area contributed by atoms with Crippen molar-refractivity contribution in [3.05, 3.63) is 11.7 Å². The summed E-state index contributed by atoms with van der Waals surface area (Å²) in [6.45, 7) is 3.71. The van der Waals surface area contributed by atoms with Crippen LogP contribution in [0.15, 0.2) is 16.7 Å². The van der Waals surface area contributed by atoms with Crippen molar-refractivity contribution in [1.29, 1.82) is 0 Å². The molecule has 0 bridgehead atoms. The average molecular weight is 184 g/mol. The Morgan fingerprint density at radius 3 is 2.31 bits per heavy atom. The molecule has 0 radical (unpaired) electrons. The van der Waals surface area contributed by atoms with E-state index in [9.17, 15) is 0 Å². The fourth-order valence-electron chi connectivity index (χ4n) is 0.632. The van der Waals surface area contributed by atoms with E-state index in [0.29, 0.717) is 11.9 Å². The van der Waals surface area contributed by atoms with Crippen LogP contribution in [0.1, 0.15) is 20.3 Å². The summed E-state index contributed by atoms with van der Waals surface area (Å²) in [4.78, 5) is 5.93. The second kappa shape index (κ2) is 5.77. The van der Waals surface area contributed by atoms with Crippen molar-refractivity contribution in [2.24, 2.45) is 4.99 Å². The molecule has 0 unspecified atom stereocenters. The summed E-state index contributed by atoms with van der Waals surface area (Å²) in [5, 5.41) is 17.7. The number of rotatable bonds is 3. The van der Waals surface area contributed by atoms with Gasteiger partial charge in [-0.1, -0.05) is 6.92 Å². The second-order valence-corrected chi connectivity index (χ2v) is 3.00. The van der Waals surface area contributed by atoms with Crippen molar-refractivity contribution in [2.45, 2.75) is 20.3 Å². The Morgan fingerprint density at radius 2 is 2.00 bits per heavy atom. The predicted octanol–water partition coefficient (Wildman–Crippen LogP) is 0.272. The third-order valence-corrected chi connectivity index (χ3v) is 1.80. The molecule has 0 saturated carbocycles. The number of hydrogen-bond donors (Lipinski definition) is 2. The Balaban J connectivity index is 4.45. The van der Waals surface area contributed by atoms with E-state index in [1.807, 2.05) is 32.8 Å². The molecule has 0 aliphatic carbocycles. The fraction of sp³-hybridized carbons (Fsp3) is 0.625. The molecule has 0 rings (SSSR count). The van der Waals surface area contributed by atoms with Crippen LogP contribution in [-0.4, -0.2) is 42.0 Å². The van der Waals surface area contributed by atoms with E-state index in [0.717, 1.165) is 5.84 Å². The van der Waals surface area contributed by atoms with Crippen molar-refractivity contribution < 1.29 is 10.0 Å². The summed E-state index contributed by atoms with van der Waals surface area (Å²) >= 11 is 0. The lowest BCUT2D eigenvalue weighted by molar-refractivity contribution is 0.417. The maximum Gasteiger partial charge on any atom is 0.485 e. The molecule has 0 atom stereocenters. The molecule has 0 spiro atoms. The van der Waals surface area contributed by atoms with E-state index in [4.69, 9.17) is 10.0 Å². The van der Waals surface area contributed by atoms with E-state index in [1.165, 1.54) is 6.20 Å². The van der Waals surface area contributed by atoms with Crippen molar-refractivity contribution in [3.63, 3.8) is 0 Å². The Hall–Kier alpha value is -0.805. The lowest BCUT2D eigenvalue weighted by Crippen LogP contribution is -2.18. The molecule has 0 amide bonds. The highest BCUT2D eigenvalue weighted by Gasteiger charge is 2.11. The average Bonchev–Trinajstić information content (AvgIpc) is 2.04. The summed E-state index contributed by atoms with van der Waals surface area (Å²) in [5.74, 6) is 0.826. The number of nitrogens with zero attached hydrogens (tertiary/aromatic N) is 2. The second-order valence-electron chi connectivity index (χ2n) is 3.00. The van der Waals surface area contributed by atoms with Gasteiger partial charge in [0.15, 0.2) is 0 Å². The van der Waals surface area contributed by atoms with Gasteiger partial charge in [0.2, 0.25) is 0 Å². The van der Waals surface area contributed by atoms with Crippen molar-refractivity contribution >= 4 is 13.0 Å². The first-order valence-electron chi connectivity index (χ1n) is 4.25. The number of allylic oxidation sites excluding steroid dienone is 1. The van der Waals surface area contributed by atoms with Gasteiger partial charge < -0.3 is 14.9 Å². The van der Waals surface area contributed by atoms with Gasteiger partial charge in [-0.05, 0) is 18.8 Å². The highest BCUT2D eigenvalue weighted by molar-refractivity contribution is 6.50. The first kappa shape index (κ1) is 12.2. The molecule has 4 nitrogen and oxygen atoms in total. The zero-order chi connectivity index (χ0) is 10.4. The first-order chi connectivity index (χ1) is 5.99. The van der Waals surface area contributed by atoms with Crippen LogP contribution in [0, 0.1) is 0 Å². The van der Waals surface area contributed by atoms with Gasteiger partial charge in [0.1, 0.15) is 5.84 Å². The van der Waals surface area contributed by atoms with Crippen molar-refractivity contribution in [2.75, 3.05) is 14.1 Å². The smallest absolute Gasteiger partial charge is 0.423 e. The Labute approximate surface area is 79.7 Å². The highest BCUT2D eigenvalue weighted by Crippen LogP contribution is 2.02. The predicted molar refractivity (Wildman–Crippen MR) is 55.4 cm³/mol. The van der Waals surface area contributed by atoms with Gasteiger partial charge in [0.05, 0.1) is 0 Å². The minimum absolute atomic E-state index is 0.515. The molecular weight excluding hydrogens is 167 g/mol. The van der Waals surface area contributed by atoms with E-state index in [-0.39, 0.29) is 0 Å². The van der Waals surface area contributed by atoms with Gasteiger partial charge in [-0.3, -0.25) is 0 Å². The van der Waals surface area contributed by atoms with Gasteiger partial charge in [0.25, 0.3) is 0 Å². The molecular formula is C8H17BN2O2. The van der Waals surface area contributed by atoms with Crippen LogP contribution in [-0.2, 0) is 0 Å². The van der Waals surface area contributed by atoms with Crippen LogP contribution in [0.3, 0.4) is 0 Å². The molecule has 0 aromatic rings. The van der Waals surface area contributed by atoms with Crippen LogP contribution < -0.4 is 0 Å². The monoisotopic (exact) mass is 184 g/mol. The molecule has 0 saturated heterocycles. The molecule has 5 heteroatoms. The maximum atomic E-state index is 8.87. The van der Waals surface area contributed by atoms with Crippen molar-refractivity contribution in [1.82, 2.24) is 4.90 Å². The van der Waals surface area contributed by atoms with Crippen molar-refractivity contribution in [3.8, 4) is 0 Å². The summed E-state index contributed by atoms with van der Waals surface area (Å²) < 4.78 is 0. The number of hydrogen-bond acceptors (Lipinski definition) is 3. The third-order valence-electron chi connectivity index (χ3n) is 1.80. The van der Waals surface area contributed by atoms with Gasteiger partial charge in [0, 0.05) is 20.3 Å². The van der Waals surface area contributed by atoms with Crippen LogP contribution in [0.25, 0.3) is 0 Å². The first-order valence-corrected chi connectivity index (χ1v) is 4.25. The Morgan fingerprint density at radius 1 is 1.46 bits per heavy atom. The van der Waals surface area contributed by atoms with E-state index < -0.39 is 7.12 Å². The molecule has 0 aliphatic heterocycles. The zero-order valence-corrected chi connectivity index (χ0v) is 8.65. The quantitative estimate of drug-likeness (QED) is 0.376. The molecule has 0 aromatic heterocycles. The third kappa shape index (κ3) is 4.70. The minimum Gasteiger partial charge on any atom is -0.423 e. The number of aliphatic imine (C=N–C) groups is 1. The fourth-order valence-corrected chi connectivity index (χ4v) is 0.632. The van der Waals surface area contributed by atoms with Crippen LogP contribution in [0.4, 0.5) is 0 Å². The molecule has 74 valence electrons. The van der Waals surface area contributed by atoms with Gasteiger partial charge in [-0.15, -0.1) is 0 Å². The molecule has 2 N–H and O–H groups in total. The summed E-state index contributed by atoms with van der Waals surface area (Å²) in [7, 11) is 2.37. The number of amidine groups is 1. The van der Waals surface area contributed by atoms with E-state index in [2.05, 4.69) is 4.99 Å². The van der Waals surface area contributed by atoms with Gasteiger partial charge >= 0.3 is 7.12 Å². The van der Waals surface area contributed by atoms with E-state index >= 15 is 0 Å². The Kier molecular flexibility index (Phi) is 5.42.